The number of rotatable bonds is 29. The van der Waals surface area contributed by atoms with Gasteiger partial charge in [0.2, 0.25) is 41.4 Å². The topological polar surface area (TPSA) is 351 Å². The molecule has 0 aliphatic carbocycles. The second-order valence-corrected chi connectivity index (χ2v) is 41.4. The summed E-state index contributed by atoms with van der Waals surface area (Å²) in [6.07, 6.45) is -1.57. The Morgan fingerprint density at radius 3 is 0.970 bits per heavy atom. The van der Waals surface area contributed by atoms with Gasteiger partial charge in [0.1, 0.15) is 65.6 Å². The minimum Gasteiger partial charge on any atom is -0.460 e. The monoisotopic (exact) mass is 1870 g/mol. The summed E-state index contributed by atoms with van der Waals surface area (Å²) in [5.74, 6) is -4.38. The van der Waals surface area contributed by atoms with Gasteiger partial charge in [-0.1, -0.05) is 159 Å². The molecule has 134 heavy (non-hydrogen) atoms. The SMILES string of the molecule is CC(C)(C)OC(=O)CCC(=O)N1C[C@H](OCc2ccc(F)cc2)[C@@H]2[C@H]1CCN2C(=O)[C@@H](N)C(C)(C)C.CC(C)(C)OC(=O)CCC(=O)N1C[C@H](OCc2ccc(F)cc2)[C@@H]2[C@H]1CCN2C(=O)[C@@H](NC(=O)OCc1ccccc1)C(C)(C)C.C[C@@H](C(=O)N[C@H](C(=O)N1CC[C@@H]2[C@H]1[C@@H](OCc1ccc(F)cc1)CN2C(=O)CCC(=O)OC(C)(C)C)C(C)(C)C)N(C)C(=O)OCc1ccccc1. The third kappa shape index (κ3) is 30.5. The maximum Gasteiger partial charge on any atom is 0.410 e. The number of amides is 9. The number of hydrogen-bond acceptors (Lipinski definition) is 21. The fourth-order valence-corrected chi connectivity index (χ4v) is 17.2. The highest BCUT2D eigenvalue weighted by Gasteiger charge is 2.58. The molecule has 11 rings (SSSR count). The zero-order chi connectivity index (χ0) is 98.9. The molecule has 0 bridgehead atoms. The van der Waals surface area contributed by atoms with E-state index in [2.05, 4.69) is 10.6 Å². The van der Waals surface area contributed by atoms with Crippen LogP contribution in [0.2, 0.25) is 0 Å². The third-order valence-electron chi connectivity index (χ3n) is 24.2. The fraction of sp³-hybridized carbons (Fsp3) is 0.584. The smallest absolute Gasteiger partial charge is 0.410 e. The van der Waals surface area contributed by atoms with Crippen molar-refractivity contribution >= 4 is 71.4 Å². The zero-order valence-electron chi connectivity index (χ0n) is 81.4. The van der Waals surface area contributed by atoms with E-state index in [0.29, 0.717) is 45.4 Å². The molecule has 13 atom stereocenters. The van der Waals surface area contributed by atoms with Gasteiger partial charge in [-0.25, -0.2) is 22.8 Å². The Labute approximate surface area is 786 Å². The van der Waals surface area contributed by atoms with Gasteiger partial charge in [0, 0.05) is 65.6 Å². The van der Waals surface area contributed by atoms with Gasteiger partial charge in [0.15, 0.2) is 0 Å². The number of likely N-dealkylation sites (N-methyl/N-ethyl adjacent to an activating group) is 1. The van der Waals surface area contributed by atoms with Gasteiger partial charge in [-0.05, 0) is 169 Å². The van der Waals surface area contributed by atoms with Crippen molar-refractivity contribution in [2.75, 3.05) is 46.3 Å². The van der Waals surface area contributed by atoms with Crippen LogP contribution in [0.1, 0.15) is 217 Å². The number of carbonyl (C=O) groups is 12. The molecule has 0 radical (unpaired) electrons. The van der Waals surface area contributed by atoms with Crippen LogP contribution in [0.3, 0.4) is 0 Å². The van der Waals surface area contributed by atoms with Gasteiger partial charge in [-0.2, -0.15) is 0 Å². The van der Waals surface area contributed by atoms with Crippen molar-refractivity contribution in [1.29, 1.82) is 0 Å². The number of benzene rings is 5. The van der Waals surface area contributed by atoms with Crippen LogP contribution in [-0.4, -0.2) is 248 Å². The minimum atomic E-state index is -0.982. The molecule has 30 nitrogen and oxygen atoms in total. The van der Waals surface area contributed by atoms with E-state index in [-0.39, 0.29) is 162 Å². The van der Waals surface area contributed by atoms with Crippen LogP contribution < -0.4 is 16.4 Å². The predicted octanol–water partition coefficient (Wildman–Crippen LogP) is 12.8. The zero-order valence-corrected chi connectivity index (χ0v) is 81.4. The summed E-state index contributed by atoms with van der Waals surface area (Å²) in [5, 5.41) is 5.68. The lowest BCUT2D eigenvalue weighted by atomic mass is 9.85. The average Bonchev–Trinajstić information content (AvgIpc) is 1.60. The second kappa shape index (κ2) is 46.0. The summed E-state index contributed by atoms with van der Waals surface area (Å²) in [5.41, 5.74) is 6.45. The first kappa shape index (κ1) is 107. The Morgan fingerprint density at radius 2 is 0.672 bits per heavy atom. The molecule has 0 unspecified atom stereocenters. The maximum absolute atomic E-state index is 14.5. The number of halogens is 3. The lowest BCUT2D eigenvalue weighted by Gasteiger charge is -2.37. The van der Waals surface area contributed by atoms with E-state index in [1.54, 1.807) is 135 Å². The highest BCUT2D eigenvalue weighted by atomic mass is 19.1. The van der Waals surface area contributed by atoms with E-state index in [1.165, 1.54) is 48.3 Å². The first-order valence-electron chi connectivity index (χ1n) is 46.1. The van der Waals surface area contributed by atoms with Crippen LogP contribution >= 0.6 is 0 Å². The predicted molar refractivity (Wildman–Crippen MR) is 493 cm³/mol. The number of likely N-dealkylation sites (tertiary alicyclic amines) is 6. The lowest BCUT2D eigenvalue weighted by molar-refractivity contribution is -0.157. The number of ether oxygens (including phenoxy) is 8. The van der Waals surface area contributed by atoms with Gasteiger partial charge in [-0.15, -0.1) is 0 Å². The molecule has 6 heterocycles. The van der Waals surface area contributed by atoms with Crippen LogP contribution in [0.4, 0.5) is 22.8 Å². The molecule has 33 heteroatoms. The van der Waals surface area contributed by atoms with Gasteiger partial charge in [-0.3, -0.25) is 52.8 Å². The van der Waals surface area contributed by atoms with E-state index in [0.717, 1.165) is 27.8 Å². The quantitative estimate of drug-likeness (QED) is 0.0296. The van der Waals surface area contributed by atoms with Crippen LogP contribution in [0.15, 0.2) is 133 Å². The number of alkyl carbamates (subject to hydrolysis) is 1. The molecule has 6 saturated heterocycles. The normalized spacial score (nSPS) is 20.8. The van der Waals surface area contributed by atoms with Crippen molar-refractivity contribution in [3.63, 3.8) is 0 Å². The van der Waals surface area contributed by atoms with Gasteiger partial charge in [0.25, 0.3) is 0 Å². The van der Waals surface area contributed by atoms with Crippen molar-refractivity contribution in [1.82, 2.24) is 44.9 Å². The van der Waals surface area contributed by atoms with Crippen LogP contribution in [0.5, 0.6) is 0 Å². The lowest BCUT2D eigenvalue weighted by Crippen LogP contribution is -2.60. The molecule has 0 aromatic heterocycles. The van der Waals surface area contributed by atoms with Crippen molar-refractivity contribution in [3.8, 4) is 0 Å². The van der Waals surface area contributed by atoms with E-state index in [1.807, 2.05) is 123 Å². The molecule has 0 saturated carbocycles. The van der Waals surface area contributed by atoms with E-state index in [4.69, 9.17) is 43.6 Å². The Morgan fingerprint density at radius 1 is 0.381 bits per heavy atom. The second-order valence-electron chi connectivity index (χ2n) is 41.4. The highest BCUT2D eigenvalue weighted by molar-refractivity contribution is 5.93. The molecule has 4 N–H and O–H groups in total. The van der Waals surface area contributed by atoms with Crippen LogP contribution in [0.25, 0.3) is 0 Å². The summed E-state index contributed by atoms with van der Waals surface area (Å²) >= 11 is 0. The molecule has 0 spiro atoms. The Balaban J connectivity index is 0.000000229. The summed E-state index contributed by atoms with van der Waals surface area (Å²) in [6, 6.07) is 30.5. The minimum absolute atomic E-state index is 0.0113. The van der Waals surface area contributed by atoms with Gasteiger partial charge < -0.3 is 83.7 Å². The standard InChI is InChI=1S/C39H53FN4O8.C35H46FN3O7.C27H40FN3O5/c1-25(42(8)37(49)51-24-26-12-10-9-11-13-26)35(47)41-34(38(2,3)4)36(48)43-21-20-29-33(43)30(50-23-27-14-16-28(40)17-15-27)22-44(29)31(45)18-19-32(46)52-39(5,6)7;1-34(2,3)31(37-33(43)45-22-23-10-8-7-9-11-23)32(42)38-19-18-26-30(38)27(44-21-24-12-14-25(36)15-13-24)20-39(26)28(40)16-17-29(41)46-35(4,5)6;1-26(2,3)24(29)25(34)30-14-13-19-23(30)20(35-16-17-7-9-18(28)10-8-17)15-31(19)21(32)11-12-22(33)36-27(4,5)6/h9-17,25,29-30,33-34H,18-24H2,1-8H3,(H,41,47);7-15,26-27,30-31H,16-22H2,1-6H3,(H,37,43);7-10,19-20,23-24H,11-16,29H2,1-6H3/t25-,29+,30-,33-,34+;26-,27+,30+,31-;19-,20+,23+,24-/m011/s1. The highest BCUT2D eigenvalue weighted by Crippen LogP contribution is 2.41. The number of esters is 3. The number of fused-ring (bicyclic) bond motifs is 3. The van der Waals surface area contributed by atoms with Gasteiger partial charge in [0.05, 0.1) is 99.7 Å². The summed E-state index contributed by atoms with van der Waals surface area (Å²) in [4.78, 5) is 170. The summed E-state index contributed by atoms with van der Waals surface area (Å²) in [6.45, 7) is 36.9. The Hall–Kier alpha value is -11.0. The van der Waals surface area contributed by atoms with Crippen molar-refractivity contribution in [2.45, 2.75) is 318 Å². The van der Waals surface area contributed by atoms with E-state index < -0.39 is 124 Å². The first-order valence-corrected chi connectivity index (χ1v) is 46.1. The maximum atomic E-state index is 14.5. The molecular formula is C101H139F3N10O20. The molecule has 6 aliphatic heterocycles. The van der Waals surface area contributed by atoms with E-state index in [9.17, 15) is 70.7 Å². The first-order chi connectivity index (χ1) is 62.6. The van der Waals surface area contributed by atoms with Crippen LogP contribution in [0, 0.1) is 33.7 Å². The van der Waals surface area contributed by atoms with Crippen molar-refractivity contribution in [2.24, 2.45) is 22.0 Å². The third-order valence-corrected chi connectivity index (χ3v) is 24.2. The van der Waals surface area contributed by atoms with Gasteiger partial charge >= 0.3 is 30.1 Å². The number of nitrogens with zero attached hydrogens (tertiary/aromatic N) is 7. The number of hydrogen-bond donors (Lipinski definition) is 3. The largest absolute Gasteiger partial charge is 0.460 e. The van der Waals surface area contributed by atoms with E-state index >= 15 is 0 Å². The molecule has 6 aliphatic rings. The summed E-state index contributed by atoms with van der Waals surface area (Å²) < 4.78 is 86.2. The molecule has 5 aromatic rings. The summed E-state index contributed by atoms with van der Waals surface area (Å²) in [7, 11) is 1.46. The van der Waals surface area contributed by atoms with Crippen molar-refractivity contribution < 1.29 is 109 Å². The van der Waals surface area contributed by atoms with Crippen molar-refractivity contribution in [3.05, 3.63) is 179 Å². The Bertz CT molecular complexity index is 4840. The number of nitrogens with two attached hydrogens (primary N) is 1. The molecule has 5 aromatic carbocycles. The molecule has 734 valence electrons. The fourth-order valence-electron chi connectivity index (χ4n) is 17.2. The molecule has 6 fully saturated rings. The Kier molecular flexibility index (Phi) is 36.6. The molecular weight excluding hydrogens is 1730 g/mol. The number of nitrogens with one attached hydrogen (secondary N) is 2. The average molecular weight is 1870 g/mol. The molecule has 9 amide bonds. The number of carbonyl (C=O) groups excluding carboxylic acids is 12. The van der Waals surface area contributed by atoms with Crippen LogP contribution in [-0.2, 0) is 119 Å².